The Bertz CT molecular complexity index is 946. The molecule has 3 rings (SSSR count). The van der Waals surface area contributed by atoms with Gasteiger partial charge in [-0.1, -0.05) is 53.5 Å². The molecule has 2 aromatic carbocycles. The lowest BCUT2D eigenvalue weighted by atomic mass is 10.0. The first kappa shape index (κ1) is 22.4. The van der Waals surface area contributed by atoms with Gasteiger partial charge in [0.1, 0.15) is 0 Å². The molecule has 0 N–H and O–H groups in total. The summed E-state index contributed by atoms with van der Waals surface area (Å²) in [6.45, 7) is 2.18. The Kier molecular flexibility index (Phi) is 6.93. The molecule has 0 spiro atoms. The molecule has 0 unspecified atom stereocenters. The summed E-state index contributed by atoms with van der Waals surface area (Å²) in [4.78, 5) is 19.4. The Labute approximate surface area is 182 Å². The van der Waals surface area contributed by atoms with Crippen molar-refractivity contribution in [3.05, 3.63) is 69.2 Å². The maximum absolute atomic E-state index is 12.7. The first-order valence-electron chi connectivity index (χ1n) is 9.29. The molecule has 0 saturated heterocycles. The third kappa shape index (κ3) is 5.46. The standard InChI is InChI=1S/C21H19Cl2F3N2O2/c1-2-20(29)28(11-13-3-6-15(7-4-13)21(24,25)26)12-16-10-19(27-30-16)14-5-8-17(22)18(23)9-14/h3-9,16H,2,10-12H2,1H3/t16-/m1/s1. The number of halogens is 5. The van der Waals surface area contributed by atoms with Crippen molar-refractivity contribution < 1.29 is 22.8 Å². The molecule has 1 aliphatic rings. The highest BCUT2D eigenvalue weighted by atomic mass is 35.5. The van der Waals surface area contributed by atoms with Crippen LogP contribution in [-0.2, 0) is 22.4 Å². The van der Waals surface area contributed by atoms with Gasteiger partial charge in [-0.2, -0.15) is 13.2 Å². The number of rotatable bonds is 6. The van der Waals surface area contributed by atoms with Crippen LogP contribution in [0.2, 0.25) is 10.0 Å². The summed E-state index contributed by atoms with van der Waals surface area (Å²) < 4.78 is 38.2. The van der Waals surface area contributed by atoms with E-state index in [0.717, 1.165) is 17.7 Å². The van der Waals surface area contributed by atoms with Crippen molar-refractivity contribution in [1.29, 1.82) is 0 Å². The largest absolute Gasteiger partial charge is 0.416 e. The highest BCUT2D eigenvalue weighted by Crippen LogP contribution is 2.29. The van der Waals surface area contributed by atoms with Crippen LogP contribution in [0.3, 0.4) is 0 Å². The highest BCUT2D eigenvalue weighted by Gasteiger charge is 2.30. The zero-order chi connectivity index (χ0) is 21.9. The van der Waals surface area contributed by atoms with Crippen LogP contribution in [-0.4, -0.2) is 29.2 Å². The quantitative estimate of drug-likeness (QED) is 0.536. The maximum atomic E-state index is 12.7. The smallest absolute Gasteiger partial charge is 0.390 e. The van der Waals surface area contributed by atoms with E-state index in [0.29, 0.717) is 27.7 Å². The van der Waals surface area contributed by atoms with E-state index in [1.54, 1.807) is 30.0 Å². The fourth-order valence-electron chi connectivity index (χ4n) is 3.12. The van der Waals surface area contributed by atoms with Crippen LogP contribution in [0, 0.1) is 0 Å². The van der Waals surface area contributed by atoms with Gasteiger partial charge in [-0.15, -0.1) is 0 Å². The zero-order valence-corrected chi connectivity index (χ0v) is 17.6. The Morgan fingerprint density at radius 1 is 1.17 bits per heavy atom. The van der Waals surface area contributed by atoms with Crippen LogP contribution in [0.1, 0.15) is 36.5 Å². The van der Waals surface area contributed by atoms with Crippen LogP contribution in [0.15, 0.2) is 47.6 Å². The molecule has 0 radical (unpaired) electrons. The molecule has 1 aliphatic heterocycles. The Morgan fingerprint density at radius 2 is 1.87 bits per heavy atom. The molecule has 1 atom stereocenters. The van der Waals surface area contributed by atoms with Crippen LogP contribution >= 0.6 is 23.2 Å². The third-order valence-electron chi connectivity index (χ3n) is 4.72. The van der Waals surface area contributed by atoms with E-state index < -0.39 is 11.7 Å². The van der Waals surface area contributed by atoms with Crippen molar-refractivity contribution in [3.63, 3.8) is 0 Å². The van der Waals surface area contributed by atoms with E-state index in [4.69, 9.17) is 28.0 Å². The van der Waals surface area contributed by atoms with Crippen molar-refractivity contribution in [2.24, 2.45) is 5.16 Å². The number of amides is 1. The molecule has 160 valence electrons. The molecule has 0 aliphatic carbocycles. The average Bonchev–Trinajstić information content (AvgIpc) is 3.17. The SMILES string of the molecule is CCC(=O)N(Cc1ccc(C(F)(F)F)cc1)C[C@H]1CC(c2ccc(Cl)c(Cl)c2)=NO1. The van der Waals surface area contributed by atoms with E-state index in [-0.39, 0.29) is 31.5 Å². The minimum Gasteiger partial charge on any atom is -0.390 e. The summed E-state index contributed by atoms with van der Waals surface area (Å²) in [6, 6.07) is 9.95. The van der Waals surface area contributed by atoms with Crippen LogP contribution in [0.5, 0.6) is 0 Å². The Balaban J connectivity index is 1.66. The minimum absolute atomic E-state index is 0.124. The van der Waals surface area contributed by atoms with E-state index in [1.807, 2.05) is 0 Å². The summed E-state index contributed by atoms with van der Waals surface area (Å²) in [5, 5.41) is 4.94. The molecular formula is C21H19Cl2F3N2O2. The topological polar surface area (TPSA) is 41.9 Å². The van der Waals surface area contributed by atoms with Gasteiger partial charge in [0.15, 0.2) is 6.10 Å². The molecular weight excluding hydrogens is 440 g/mol. The second kappa shape index (κ2) is 9.27. The second-order valence-electron chi connectivity index (χ2n) is 6.92. The predicted molar refractivity (Wildman–Crippen MR) is 110 cm³/mol. The lowest BCUT2D eigenvalue weighted by Gasteiger charge is -2.24. The number of hydrogen-bond donors (Lipinski definition) is 0. The number of alkyl halides is 3. The fourth-order valence-corrected chi connectivity index (χ4v) is 3.41. The summed E-state index contributed by atoms with van der Waals surface area (Å²) in [7, 11) is 0. The summed E-state index contributed by atoms with van der Waals surface area (Å²) in [5.74, 6) is -0.124. The van der Waals surface area contributed by atoms with Gasteiger partial charge in [-0.3, -0.25) is 4.79 Å². The summed E-state index contributed by atoms with van der Waals surface area (Å²) >= 11 is 12.0. The Hall–Kier alpha value is -2.25. The normalized spacial score (nSPS) is 16.2. The van der Waals surface area contributed by atoms with Gasteiger partial charge in [-0.25, -0.2) is 0 Å². The van der Waals surface area contributed by atoms with E-state index >= 15 is 0 Å². The lowest BCUT2D eigenvalue weighted by molar-refractivity contribution is -0.137. The van der Waals surface area contributed by atoms with Crippen molar-refractivity contribution in [2.45, 2.75) is 38.6 Å². The molecule has 1 heterocycles. The van der Waals surface area contributed by atoms with Crippen LogP contribution in [0.25, 0.3) is 0 Å². The van der Waals surface area contributed by atoms with Crippen molar-refractivity contribution in [1.82, 2.24) is 4.90 Å². The van der Waals surface area contributed by atoms with Crippen molar-refractivity contribution in [3.8, 4) is 0 Å². The van der Waals surface area contributed by atoms with E-state index in [2.05, 4.69) is 5.16 Å². The maximum Gasteiger partial charge on any atom is 0.416 e. The van der Waals surface area contributed by atoms with Crippen LogP contribution in [0.4, 0.5) is 13.2 Å². The molecule has 0 fully saturated rings. The monoisotopic (exact) mass is 458 g/mol. The summed E-state index contributed by atoms with van der Waals surface area (Å²) in [6.07, 6.45) is -4.01. The van der Waals surface area contributed by atoms with Crippen molar-refractivity contribution in [2.75, 3.05) is 6.54 Å². The summed E-state index contributed by atoms with van der Waals surface area (Å²) in [5.41, 5.74) is 1.35. The number of carbonyl (C=O) groups is 1. The van der Waals surface area contributed by atoms with Gasteiger partial charge in [0.2, 0.25) is 5.91 Å². The molecule has 9 heteroatoms. The number of oxime groups is 1. The average molecular weight is 459 g/mol. The van der Waals surface area contributed by atoms with Crippen molar-refractivity contribution >= 4 is 34.8 Å². The Morgan fingerprint density at radius 3 is 2.47 bits per heavy atom. The van der Waals surface area contributed by atoms with Crippen LogP contribution < -0.4 is 0 Å². The van der Waals surface area contributed by atoms with Gasteiger partial charge < -0.3 is 9.74 Å². The van der Waals surface area contributed by atoms with Gasteiger partial charge >= 0.3 is 6.18 Å². The zero-order valence-electron chi connectivity index (χ0n) is 16.0. The molecule has 2 aromatic rings. The third-order valence-corrected chi connectivity index (χ3v) is 5.46. The lowest BCUT2D eigenvalue weighted by Crippen LogP contribution is -2.36. The molecule has 0 bridgehead atoms. The van der Waals surface area contributed by atoms with Gasteiger partial charge in [-0.05, 0) is 29.8 Å². The predicted octanol–water partition coefficient (Wildman–Crippen LogP) is 5.94. The number of carbonyl (C=O) groups excluding carboxylic acids is 1. The number of benzene rings is 2. The fraction of sp³-hybridized carbons (Fsp3) is 0.333. The molecule has 0 saturated carbocycles. The number of hydrogen-bond acceptors (Lipinski definition) is 3. The molecule has 0 aromatic heterocycles. The van der Waals surface area contributed by atoms with E-state index in [1.165, 1.54) is 12.1 Å². The highest BCUT2D eigenvalue weighted by molar-refractivity contribution is 6.42. The minimum atomic E-state index is -4.40. The first-order chi connectivity index (χ1) is 14.2. The first-order valence-corrected chi connectivity index (χ1v) is 10.0. The van der Waals surface area contributed by atoms with Gasteiger partial charge in [0.25, 0.3) is 0 Å². The molecule has 30 heavy (non-hydrogen) atoms. The second-order valence-corrected chi connectivity index (χ2v) is 7.74. The van der Waals surface area contributed by atoms with Gasteiger partial charge in [0.05, 0.1) is 27.9 Å². The van der Waals surface area contributed by atoms with Gasteiger partial charge in [0, 0.05) is 24.9 Å². The number of nitrogens with zero attached hydrogens (tertiary/aromatic N) is 2. The van der Waals surface area contributed by atoms with E-state index in [9.17, 15) is 18.0 Å². The molecule has 4 nitrogen and oxygen atoms in total. The molecule has 1 amide bonds.